The number of ether oxygens (including phenoxy) is 2. The van der Waals surface area contributed by atoms with Crippen LogP contribution in [0.25, 0.3) is 0 Å². The summed E-state index contributed by atoms with van der Waals surface area (Å²) < 4.78 is 12.4. The minimum absolute atomic E-state index is 0.285. The van der Waals surface area contributed by atoms with Crippen LogP contribution in [0.1, 0.15) is 11.3 Å². The topological polar surface area (TPSA) is 48.1 Å². The first-order chi connectivity index (χ1) is 9.28. The summed E-state index contributed by atoms with van der Waals surface area (Å²) in [6.07, 6.45) is 1.79. The summed E-state index contributed by atoms with van der Waals surface area (Å²) in [5.74, 6) is 1.54. The first-order valence-corrected chi connectivity index (χ1v) is 6.70. The molecule has 2 heterocycles. The highest BCUT2D eigenvalue weighted by Gasteiger charge is 2.12. The van der Waals surface area contributed by atoms with E-state index in [9.17, 15) is 0 Å². The molecule has 0 N–H and O–H groups in total. The van der Waals surface area contributed by atoms with Gasteiger partial charge in [-0.05, 0) is 30.7 Å². The van der Waals surface area contributed by atoms with Crippen LogP contribution in [0.2, 0.25) is 0 Å². The van der Waals surface area contributed by atoms with Crippen molar-refractivity contribution in [1.82, 2.24) is 4.68 Å². The van der Waals surface area contributed by atoms with Gasteiger partial charge in [-0.2, -0.15) is 5.10 Å². The van der Waals surface area contributed by atoms with Crippen molar-refractivity contribution in [1.29, 1.82) is 0 Å². The minimum Gasteiger partial charge on any atom is -0.454 e. The summed E-state index contributed by atoms with van der Waals surface area (Å²) in [6.45, 7) is 2.29. The van der Waals surface area contributed by atoms with Gasteiger partial charge >= 0.3 is 0 Å². The molecule has 1 aliphatic heterocycles. The number of nitrogens with zero attached hydrogens (tertiary/aromatic N) is 3. The van der Waals surface area contributed by atoms with Gasteiger partial charge in [0, 0.05) is 12.4 Å². The average molecular weight is 275 g/mol. The van der Waals surface area contributed by atoms with Gasteiger partial charge < -0.3 is 9.47 Å². The largest absolute Gasteiger partial charge is 0.454 e. The number of benzene rings is 1. The Labute approximate surface area is 114 Å². The molecule has 0 spiro atoms. The van der Waals surface area contributed by atoms with Crippen molar-refractivity contribution in [3.05, 3.63) is 39.6 Å². The predicted octanol–water partition coefficient (Wildman–Crippen LogP) is 2.00. The monoisotopic (exact) mass is 275 g/mol. The highest BCUT2D eigenvalue weighted by molar-refractivity contribution is 7.07. The van der Waals surface area contributed by atoms with E-state index in [-0.39, 0.29) is 6.79 Å². The lowest BCUT2D eigenvalue weighted by molar-refractivity contribution is 0.174. The summed E-state index contributed by atoms with van der Waals surface area (Å²) >= 11 is 1.57. The Morgan fingerprint density at radius 2 is 2.16 bits per heavy atom. The molecule has 0 amide bonds. The molecular formula is C13H13N3O2S. The molecule has 0 radical (unpaired) electrons. The van der Waals surface area contributed by atoms with E-state index in [1.54, 1.807) is 24.6 Å². The molecule has 0 bridgehead atoms. The summed E-state index contributed by atoms with van der Waals surface area (Å²) in [7, 11) is 1.76. The molecule has 19 heavy (non-hydrogen) atoms. The number of hydrogen-bond donors (Lipinski definition) is 0. The average Bonchev–Trinajstić information content (AvgIpc) is 3.02. The summed E-state index contributed by atoms with van der Waals surface area (Å²) in [5.41, 5.74) is 2.02. The molecule has 2 aromatic rings. The van der Waals surface area contributed by atoms with E-state index in [0.29, 0.717) is 0 Å². The van der Waals surface area contributed by atoms with Crippen LogP contribution < -0.4 is 14.3 Å². The molecule has 0 saturated carbocycles. The van der Waals surface area contributed by atoms with Gasteiger partial charge in [0.1, 0.15) is 0 Å². The molecular weight excluding hydrogens is 262 g/mol. The molecule has 0 unspecified atom stereocenters. The fourth-order valence-corrected chi connectivity index (χ4v) is 2.57. The van der Waals surface area contributed by atoms with Crippen molar-refractivity contribution in [3.8, 4) is 11.5 Å². The molecule has 0 atom stereocenters. The Morgan fingerprint density at radius 1 is 1.32 bits per heavy atom. The number of aryl methyl sites for hydroxylation is 1. The van der Waals surface area contributed by atoms with Crippen LogP contribution in [-0.4, -0.2) is 24.7 Å². The third-order valence-electron chi connectivity index (χ3n) is 2.76. The standard InChI is InChI=1S/C13H13N3O2S/c1-9-7-19-13(14-2)16(9)15-6-10-3-4-11-12(5-10)18-8-17-11/h3-7H,8H2,1-2H3/b14-13?,15-6-. The predicted molar refractivity (Wildman–Crippen MR) is 74.1 cm³/mol. The maximum atomic E-state index is 5.34. The van der Waals surface area contributed by atoms with Gasteiger partial charge in [-0.25, -0.2) is 4.68 Å². The Balaban J connectivity index is 1.93. The first kappa shape index (κ1) is 12.0. The molecule has 0 fully saturated rings. The lowest BCUT2D eigenvalue weighted by Gasteiger charge is -1.99. The van der Waals surface area contributed by atoms with E-state index in [4.69, 9.17) is 9.47 Å². The number of rotatable bonds is 2. The second-order valence-corrected chi connectivity index (χ2v) is 4.89. The molecule has 1 aromatic heterocycles. The fraction of sp³-hybridized carbons (Fsp3) is 0.231. The molecule has 5 nitrogen and oxygen atoms in total. The number of thiazole rings is 1. The molecule has 0 aliphatic carbocycles. The van der Waals surface area contributed by atoms with Crippen LogP contribution in [0, 0.1) is 6.92 Å². The van der Waals surface area contributed by atoms with Crippen molar-refractivity contribution in [2.45, 2.75) is 6.92 Å². The zero-order valence-corrected chi connectivity index (χ0v) is 11.5. The Hall–Kier alpha value is -2.08. The molecule has 6 heteroatoms. The van der Waals surface area contributed by atoms with Crippen LogP contribution in [0.15, 0.2) is 33.7 Å². The van der Waals surface area contributed by atoms with Crippen LogP contribution >= 0.6 is 11.3 Å². The maximum absolute atomic E-state index is 5.34. The first-order valence-electron chi connectivity index (χ1n) is 5.82. The van der Waals surface area contributed by atoms with Gasteiger partial charge in [0.15, 0.2) is 11.5 Å². The molecule has 1 aliphatic rings. The van der Waals surface area contributed by atoms with Crippen LogP contribution in [0.3, 0.4) is 0 Å². The van der Waals surface area contributed by atoms with Crippen LogP contribution in [-0.2, 0) is 0 Å². The molecule has 3 rings (SSSR count). The van der Waals surface area contributed by atoms with E-state index < -0.39 is 0 Å². The Bertz CT molecular complexity index is 700. The van der Waals surface area contributed by atoms with Gasteiger partial charge in [-0.1, -0.05) is 0 Å². The van der Waals surface area contributed by atoms with Crippen molar-refractivity contribution >= 4 is 17.6 Å². The lowest BCUT2D eigenvalue weighted by Crippen LogP contribution is -2.11. The maximum Gasteiger partial charge on any atom is 0.231 e. The van der Waals surface area contributed by atoms with E-state index in [2.05, 4.69) is 10.1 Å². The van der Waals surface area contributed by atoms with E-state index in [1.165, 1.54) is 0 Å². The summed E-state index contributed by atoms with van der Waals surface area (Å²) in [4.78, 5) is 5.05. The van der Waals surface area contributed by atoms with Crippen LogP contribution in [0.4, 0.5) is 0 Å². The van der Waals surface area contributed by atoms with Crippen molar-refractivity contribution < 1.29 is 9.47 Å². The molecule has 1 aromatic carbocycles. The van der Waals surface area contributed by atoms with Crippen molar-refractivity contribution in [2.24, 2.45) is 10.1 Å². The quantitative estimate of drug-likeness (QED) is 0.787. The third-order valence-corrected chi connectivity index (χ3v) is 3.79. The SMILES string of the molecule is CN=c1scc(C)n1/N=C\c1ccc2c(c1)OCO2. The highest BCUT2D eigenvalue weighted by atomic mass is 32.1. The van der Waals surface area contributed by atoms with Gasteiger partial charge in [0.2, 0.25) is 11.6 Å². The Morgan fingerprint density at radius 3 is 3.00 bits per heavy atom. The van der Waals surface area contributed by atoms with Gasteiger partial charge in [0.05, 0.1) is 11.9 Å². The number of hydrogen-bond acceptors (Lipinski definition) is 5. The Kier molecular flexibility index (Phi) is 3.08. The normalized spacial score (nSPS) is 14.5. The van der Waals surface area contributed by atoms with Gasteiger partial charge in [0.25, 0.3) is 0 Å². The minimum atomic E-state index is 0.285. The van der Waals surface area contributed by atoms with Gasteiger partial charge in [-0.3, -0.25) is 4.99 Å². The lowest BCUT2D eigenvalue weighted by atomic mass is 10.2. The zero-order valence-electron chi connectivity index (χ0n) is 10.7. The second kappa shape index (κ2) is 4.89. The van der Waals surface area contributed by atoms with Gasteiger partial charge in [-0.15, -0.1) is 11.3 Å². The van der Waals surface area contributed by atoms with Crippen molar-refractivity contribution in [2.75, 3.05) is 13.8 Å². The second-order valence-electron chi connectivity index (χ2n) is 4.05. The van der Waals surface area contributed by atoms with E-state index in [0.717, 1.165) is 27.6 Å². The zero-order chi connectivity index (χ0) is 13.2. The third kappa shape index (κ3) is 2.26. The smallest absolute Gasteiger partial charge is 0.231 e. The van der Waals surface area contributed by atoms with E-state index in [1.807, 2.05) is 35.2 Å². The fourth-order valence-electron chi connectivity index (χ4n) is 1.79. The highest BCUT2D eigenvalue weighted by Crippen LogP contribution is 2.31. The number of aromatic nitrogens is 1. The number of fused-ring (bicyclic) bond motifs is 1. The van der Waals surface area contributed by atoms with Crippen molar-refractivity contribution in [3.63, 3.8) is 0 Å². The van der Waals surface area contributed by atoms with E-state index >= 15 is 0 Å². The summed E-state index contributed by atoms with van der Waals surface area (Å²) in [5, 5.41) is 6.47. The summed E-state index contributed by atoms with van der Waals surface area (Å²) in [6, 6.07) is 5.75. The molecule has 98 valence electrons. The van der Waals surface area contributed by atoms with Crippen LogP contribution in [0.5, 0.6) is 11.5 Å². The molecule has 0 saturated heterocycles.